The van der Waals surface area contributed by atoms with Gasteiger partial charge in [-0.3, -0.25) is 4.40 Å². The van der Waals surface area contributed by atoms with Gasteiger partial charge in [0, 0.05) is 16.5 Å². The Morgan fingerprint density at radius 1 is 0.867 bits per heavy atom. The van der Waals surface area contributed by atoms with Crippen LogP contribution in [0, 0.1) is 0 Å². The summed E-state index contributed by atoms with van der Waals surface area (Å²) in [5.41, 5.74) is 8.73. The zero-order valence-electron chi connectivity index (χ0n) is 16.9. The van der Waals surface area contributed by atoms with Crippen molar-refractivity contribution in [2.75, 3.05) is 0 Å². The first-order valence-electron chi connectivity index (χ1n) is 10.2. The molecule has 0 unspecified atom stereocenters. The number of pyridine rings is 1. The van der Waals surface area contributed by atoms with E-state index in [0.717, 1.165) is 44.5 Å². The number of benzene rings is 3. The Morgan fingerprint density at radius 3 is 2.33 bits per heavy atom. The van der Waals surface area contributed by atoms with Crippen LogP contribution >= 0.6 is 0 Å². The standard InChI is InChI=1S/C28H22N2/c1-3-5-13-20(4-2)26-22-16-9-11-18-24(22)30-25-19-12-10-17-23(25)29-28(30)27(26)21-14-7-6-8-15-21/h3-19H,2H2,1H3/b5-3-,20-13+. The van der Waals surface area contributed by atoms with Gasteiger partial charge in [0.2, 0.25) is 0 Å². The normalized spacial score (nSPS) is 12.4. The molecule has 0 aliphatic carbocycles. The van der Waals surface area contributed by atoms with E-state index in [1.165, 1.54) is 5.39 Å². The Labute approximate surface area is 176 Å². The minimum absolute atomic E-state index is 0.962. The van der Waals surface area contributed by atoms with E-state index in [-0.39, 0.29) is 0 Å². The maximum Gasteiger partial charge on any atom is 0.147 e. The molecule has 0 saturated carbocycles. The summed E-state index contributed by atoms with van der Waals surface area (Å²) < 4.78 is 2.28. The highest BCUT2D eigenvalue weighted by Crippen LogP contribution is 2.40. The number of allylic oxidation sites excluding steroid dienone is 5. The van der Waals surface area contributed by atoms with Crippen molar-refractivity contribution in [1.29, 1.82) is 0 Å². The molecule has 0 saturated heterocycles. The molecule has 0 aliphatic rings. The first-order valence-corrected chi connectivity index (χ1v) is 10.2. The highest BCUT2D eigenvalue weighted by molar-refractivity contribution is 6.08. The summed E-state index contributed by atoms with van der Waals surface area (Å²) in [6.07, 6.45) is 8.16. The molecule has 0 spiro atoms. The summed E-state index contributed by atoms with van der Waals surface area (Å²) in [7, 11) is 0. The van der Waals surface area contributed by atoms with E-state index in [1.54, 1.807) is 0 Å². The fourth-order valence-electron chi connectivity index (χ4n) is 4.20. The third-order valence-corrected chi connectivity index (χ3v) is 5.49. The molecule has 144 valence electrons. The molecule has 0 radical (unpaired) electrons. The van der Waals surface area contributed by atoms with Gasteiger partial charge in [0.1, 0.15) is 5.65 Å². The monoisotopic (exact) mass is 386 g/mol. The maximum atomic E-state index is 5.08. The maximum absolute atomic E-state index is 5.08. The zero-order valence-corrected chi connectivity index (χ0v) is 16.9. The van der Waals surface area contributed by atoms with Crippen LogP contribution in [-0.2, 0) is 0 Å². The summed E-state index contributed by atoms with van der Waals surface area (Å²) in [6.45, 7) is 6.15. The van der Waals surface area contributed by atoms with Gasteiger partial charge in [-0.1, -0.05) is 91.5 Å². The molecule has 5 aromatic rings. The van der Waals surface area contributed by atoms with Crippen LogP contribution in [0.4, 0.5) is 0 Å². The van der Waals surface area contributed by atoms with Crippen LogP contribution in [0.25, 0.3) is 44.3 Å². The van der Waals surface area contributed by atoms with Crippen molar-refractivity contribution in [3.8, 4) is 11.1 Å². The van der Waals surface area contributed by atoms with Gasteiger partial charge >= 0.3 is 0 Å². The third-order valence-electron chi connectivity index (χ3n) is 5.49. The molecule has 2 nitrogen and oxygen atoms in total. The molecule has 0 amide bonds. The number of fused-ring (bicyclic) bond motifs is 5. The predicted molar refractivity (Wildman–Crippen MR) is 129 cm³/mol. The van der Waals surface area contributed by atoms with Crippen molar-refractivity contribution < 1.29 is 0 Å². The molecule has 0 atom stereocenters. The molecule has 2 heterocycles. The molecule has 2 aromatic heterocycles. The topological polar surface area (TPSA) is 17.3 Å². The second kappa shape index (κ2) is 7.49. The van der Waals surface area contributed by atoms with Gasteiger partial charge in [0.05, 0.1) is 16.6 Å². The minimum atomic E-state index is 0.962. The summed E-state index contributed by atoms with van der Waals surface area (Å²) in [5.74, 6) is 0. The van der Waals surface area contributed by atoms with Gasteiger partial charge in [-0.25, -0.2) is 4.98 Å². The van der Waals surface area contributed by atoms with Gasteiger partial charge < -0.3 is 0 Å². The van der Waals surface area contributed by atoms with Crippen molar-refractivity contribution in [3.63, 3.8) is 0 Å². The van der Waals surface area contributed by atoms with Crippen LogP contribution in [0.3, 0.4) is 0 Å². The fraction of sp³-hybridized carbons (Fsp3) is 0.0357. The number of nitrogens with zero attached hydrogens (tertiary/aromatic N) is 2. The Morgan fingerprint density at radius 2 is 1.57 bits per heavy atom. The van der Waals surface area contributed by atoms with Crippen LogP contribution < -0.4 is 0 Å². The van der Waals surface area contributed by atoms with E-state index < -0.39 is 0 Å². The summed E-state index contributed by atoms with van der Waals surface area (Å²) in [4.78, 5) is 5.08. The lowest BCUT2D eigenvalue weighted by atomic mass is 9.91. The average molecular weight is 386 g/mol. The summed E-state index contributed by atoms with van der Waals surface area (Å²) in [6, 6.07) is 27.4. The molecular weight excluding hydrogens is 364 g/mol. The number of hydrogen-bond donors (Lipinski definition) is 0. The fourth-order valence-corrected chi connectivity index (χ4v) is 4.20. The van der Waals surface area contributed by atoms with E-state index in [9.17, 15) is 0 Å². The number of aromatic nitrogens is 2. The van der Waals surface area contributed by atoms with Gasteiger partial charge in [0.25, 0.3) is 0 Å². The Hall–Kier alpha value is -3.91. The lowest BCUT2D eigenvalue weighted by Gasteiger charge is -2.17. The SMILES string of the molecule is C=C/C(=C\C=C/C)c1c(-c2ccccc2)c2nc3ccccc3n2c2ccccc12. The van der Waals surface area contributed by atoms with Crippen molar-refractivity contribution >= 4 is 33.2 Å². The first kappa shape index (κ1) is 18.1. The summed E-state index contributed by atoms with van der Waals surface area (Å²) >= 11 is 0. The molecule has 0 bridgehead atoms. The lowest BCUT2D eigenvalue weighted by Crippen LogP contribution is -1.99. The van der Waals surface area contributed by atoms with Crippen LogP contribution in [0.15, 0.2) is 110 Å². The van der Waals surface area contributed by atoms with Crippen molar-refractivity contribution in [2.24, 2.45) is 0 Å². The van der Waals surface area contributed by atoms with Crippen molar-refractivity contribution in [3.05, 3.63) is 115 Å². The van der Waals surface area contributed by atoms with Crippen LogP contribution in [-0.4, -0.2) is 9.38 Å². The summed E-state index contributed by atoms with van der Waals surface area (Å²) in [5, 5.41) is 1.18. The molecule has 0 aliphatic heterocycles. The zero-order chi connectivity index (χ0) is 20.5. The van der Waals surface area contributed by atoms with Crippen molar-refractivity contribution in [1.82, 2.24) is 9.38 Å². The molecule has 2 heteroatoms. The number of rotatable bonds is 4. The molecule has 3 aromatic carbocycles. The average Bonchev–Trinajstić information content (AvgIpc) is 3.19. The second-order valence-corrected chi connectivity index (χ2v) is 7.24. The van der Waals surface area contributed by atoms with E-state index >= 15 is 0 Å². The highest BCUT2D eigenvalue weighted by atomic mass is 15.0. The quantitative estimate of drug-likeness (QED) is 0.293. The van der Waals surface area contributed by atoms with Crippen LogP contribution in [0.2, 0.25) is 0 Å². The minimum Gasteiger partial charge on any atom is -0.292 e. The van der Waals surface area contributed by atoms with E-state index in [0.29, 0.717) is 0 Å². The number of imidazole rings is 1. The van der Waals surface area contributed by atoms with Gasteiger partial charge in [-0.05, 0) is 36.3 Å². The van der Waals surface area contributed by atoms with Crippen molar-refractivity contribution in [2.45, 2.75) is 6.92 Å². The number of hydrogen-bond acceptors (Lipinski definition) is 1. The Bertz CT molecular complexity index is 1450. The van der Waals surface area contributed by atoms with E-state index in [1.807, 2.05) is 31.2 Å². The highest BCUT2D eigenvalue weighted by Gasteiger charge is 2.20. The van der Waals surface area contributed by atoms with Gasteiger partial charge in [-0.2, -0.15) is 0 Å². The molecular formula is C28H22N2. The van der Waals surface area contributed by atoms with E-state index in [4.69, 9.17) is 4.98 Å². The smallest absolute Gasteiger partial charge is 0.147 e. The third kappa shape index (κ3) is 2.77. The molecule has 0 fully saturated rings. The predicted octanol–water partition coefficient (Wildman–Crippen LogP) is 7.45. The van der Waals surface area contributed by atoms with Gasteiger partial charge in [0.15, 0.2) is 0 Å². The Balaban J connectivity index is 2.09. The largest absolute Gasteiger partial charge is 0.292 e. The van der Waals surface area contributed by atoms with Crippen LogP contribution in [0.5, 0.6) is 0 Å². The van der Waals surface area contributed by atoms with Crippen LogP contribution in [0.1, 0.15) is 12.5 Å². The second-order valence-electron chi connectivity index (χ2n) is 7.24. The molecule has 0 N–H and O–H groups in total. The molecule has 5 rings (SSSR count). The first-order chi connectivity index (χ1) is 14.8. The van der Waals surface area contributed by atoms with E-state index in [2.05, 4.69) is 89.9 Å². The van der Waals surface area contributed by atoms with Gasteiger partial charge in [-0.15, -0.1) is 0 Å². The Kier molecular flexibility index (Phi) is 4.53. The number of para-hydroxylation sites is 3. The lowest BCUT2D eigenvalue weighted by molar-refractivity contribution is 1.29. The molecule has 30 heavy (non-hydrogen) atoms.